The van der Waals surface area contributed by atoms with Crippen LogP contribution < -0.4 is 19.1 Å². The SMILES string of the molecule is COc1cnc2c(-c3nc4c(Cl)cc5c(c4s3)OC[C@@H](CN(C(=O)O)c3ccnc(C)c3)O5)cc(C)cc2n1. The summed E-state index contributed by atoms with van der Waals surface area (Å²) < 4.78 is 18.3. The Morgan fingerprint density at radius 3 is 2.82 bits per heavy atom. The molecule has 12 heteroatoms. The van der Waals surface area contributed by atoms with Gasteiger partial charge in [0.2, 0.25) is 5.88 Å². The van der Waals surface area contributed by atoms with Gasteiger partial charge in [0.1, 0.15) is 21.8 Å². The second-order valence-electron chi connectivity index (χ2n) is 9.07. The molecule has 6 rings (SSSR count). The first kappa shape index (κ1) is 25.1. The van der Waals surface area contributed by atoms with Gasteiger partial charge in [-0.1, -0.05) is 11.6 Å². The minimum atomic E-state index is -1.10. The van der Waals surface area contributed by atoms with Crippen molar-refractivity contribution in [1.29, 1.82) is 0 Å². The lowest BCUT2D eigenvalue weighted by Gasteiger charge is -2.30. The lowest BCUT2D eigenvalue weighted by Crippen LogP contribution is -2.43. The van der Waals surface area contributed by atoms with Crippen molar-refractivity contribution in [1.82, 2.24) is 19.9 Å². The number of amides is 1. The third kappa shape index (κ3) is 4.64. The number of methoxy groups -OCH3 is 1. The van der Waals surface area contributed by atoms with E-state index >= 15 is 0 Å². The maximum Gasteiger partial charge on any atom is 0.411 e. The predicted octanol–water partition coefficient (Wildman–Crippen LogP) is 5.90. The van der Waals surface area contributed by atoms with E-state index in [4.69, 9.17) is 30.8 Å². The van der Waals surface area contributed by atoms with Gasteiger partial charge in [-0.25, -0.2) is 19.7 Å². The van der Waals surface area contributed by atoms with E-state index in [-0.39, 0.29) is 13.2 Å². The van der Waals surface area contributed by atoms with Gasteiger partial charge in [-0.2, -0.15) is 0 Å². The summed E-state index contributed by atoms with van der Waals surface area (Å²) in [5.74, 6) is 1.40. The van der Waals surface area contributed by atoms with Crippen LogP contribution in [0.3, 0.4) is 0 Å². The summed E-state index contributed by atoms with van der Waals surface area (Å²) in [5, 5.41) is 10.9. The van der Waals surface area contributed by atoms with E-state index in [9.17, 15) is 9.90 Å². The highest BCUT2D eigenvalue weighted by atomic mass is 35.5. The highest BCUT2D eigenvalue weighted by molar-refractivity contribution is 7.22. The van der Waals surface area contributed by atoms with Crippen LogP contribution in [0, 0.1) is 13.8 Å². The van der Waals surface area contributed by atoms with Crippen LogP contribution in [0.1, 0.15) is 11.3 Å². The van der Waals surface area contributed by atoms with Gasteiger partial charge in [0.05, 0.1) is 41.6 Å². The third-order valence-corrected chi connectivity index (χ3v) is 7.64. The van der Waals surface area contributed by atoms with Crippen molar-refractivity contribution >= 4 is 56.0 Å². The zero-order valence-electron chi connectivity index (χ0n) is 21.1. The largest absolute Gasteiger partial charge is 0.484 e. The van der Waals surface area contributed by atoms with Crippen LogP contribution >= 0.6 is 22.9 Å². The number of nitrogens with zero attached hydrogens (tertiary/aromatic N) is 5. The second kappa shape index (κ2) is 9.83. The number of hydrogen-bond acceptors (Lipinski definition) is 9. The molecular formula is C27H22ClN5O5S. The monoisotopic (exact) mass is 563 g/mol. The van der Waals surface area contributed by atoms with E-state index in [0.29, 0.717) is 55.3 Å². The molecule has 198 valence electrons. The fraction of sp³-hybridized carbons (Fsp3) is 0.222. The number of pyridine rings is 1. The number of thiazole rings is 1. The first-order chi connectivity index (χ1) is 18.8. The summed E-state index contributed by atoms with van der Waals surface area (Å²) in [6.07, 6.45) is 1.51. The molecule has 0 aliphatic carbocycles. The molecule has 10 nitrogen and oxygen atoms in total. The molecule has 1 N–H and O–H groups in total. The molecule has 0 saturated heterocycles. The van der Waals surface area contributed by atoms with Crippen LogP contribution in [0.2, 0.25) is 5.02 Å². The third-order valence-electron chi connectivity index (χ3n) is 6.27. The van der Waals surface area contributed by atoms with Gasteiger partial charge in [-0.05, 0) is 43.7 Å². The minimum Gasteiger partial charge on any atom is -0.484 e. The fourth-order valence-electron chi connectivity index (χ4n) is 4.52. The number of benzene rings is 2. The Morgan fingerprint density at radius 1 is 1.21 bits per heavy atom. The number of hydrogen-bond donors (Lipinski definition) is 1. The van der Waals surface area contributed by atoms with E-state index in [1.807, 2.05) is 19.1 Å². The molecule has 1 aliphatic heterocycles. The normalized spacial score (nSPS) is 14.5. The number of carboxylic acid groups (broad SMARTS) is 1. The van der Waals surface area contributed by atoms with E-state index in [0.717, 1.165) is 15.8 Å². The molecule has 0 fully saturated rings. The van der Waals surface area contributed by atoms with Gasteiger partial charge in [0, 0.05) is 23.5 Å². The average molecular weight is 564 g/mol. The Balaban J connectivity index is 1.35. The Bertz CT molecular complexity index is 1760. The summed E-state index contributed by atoms with van der Waals surface area (Å²) in [6, 6.07) is 8.97. The van der Waals surface area contributed by atoms with Crippen LogP contribution in [0.15, 0.2) is 42.7 Å². The van der Waals surface area contributed by atoms with Gasteiger partial charge >= 0.3 is 6.09 Å². The molecule has 39 heavy (non-hydrogen) atoms. The topological polar surface area (TPSA) is 120 Å². The molecule has 5 aromatic rings. The molecule has 0 saturated carbocycles. The van der Waals surface area contributed by atoms with Crippen molar-refractivity contribution in [2.75, 3.05) is 25.2 Å². The Labute approximate surface area is 231 Å². The number of anilines is 1. The maximum absolute atomic E-state index is 12.0. The van der Waals surface area contributed by atoms with Crippen LogP contribution in [0.5, 0.6) is 17.4 Å². The summed E-state index contributed by atoms with van der Waals surface area (Å²) >= 11 is 8.07. The molecule has 0 unspecified atom stereocenters. The van der Waals surface area contributed by atoms with Crippen molar-refractivity contribution in [2.45, 2.75) is 20.0 Å². The Morgan fingerprint density at radius 2 is 2.05 bits per heavy atom. The van der Waals surface area contributed by atoms with Crippen molar-refractivity contribution < 1.29 is 24.1 Å². The van der Waals surface area contributed by atoms with Gasteiger partial charge in [0.25, 0.3) is 0 Å². The predicted molar refractivity (Wildman–Crippen MR) is 149 cm³/mol. The summed E-state index contributed by atoms with van der Waals surface area (Å²) in [4.78, 5) is 31.3. The zero-order chi connectivity index (χ0) is 27.3. The smallest absolute Gasteiger partial charge is 0.411 e. The molecule has 0 radical (unpaired) electrons. The molecule has 0 bridgehead atoms. The summed E-state index contributed by atoms with van der Waals surface area (Å²) in [7, 11) is 1.55. The molecular weight excluding hydrogens is 542 g/mol. The van der Waals surface area contributed by atoms with Crippen LogP contribution in [0.4, 0.5) is 10.5 Å². The van der Waals surface area contributed by atoms with Gasteiger partial charge < -0.3 is 19.3 Å². The number of halogens is 1. The van der Waals surface area contributed by atoms with Crippen molar-refractivity contribution in [3.8, 4) is 28.0 Å². The molecule has 1 atom stereocenters. The van der Waals surface area contributed by atoms with E-state index in [1.165, 1.54) is 16.2 Å². The Hall–Kier alpha value is -4.22. The highest BCUT2D eigenvalue weighted by Crippen LogP contribution is 2.47. The maximum atomic E-state index is 12.0. The molecule has 3 aromatic heterocycles. The Kier molecular flexibility index (Phi) is 6.32. The van der Waals surface area contributed by atoms with Gasteiger partial charge in [-0.15, -0.1) is 11.3 Å². The van der Waals surface area contributed by atoms with E-state index < -0.39 is 12.2 Å². The molecule has 2 aromatic carbocycles. The minimum absolute atomic E-state index is 0.0687. The summed E-state index contributed by atoms with van der Waals surface area (Å²) in [5.41, 5.74) is 5.04. The van der Waals surface area contributed by atoms with Gasteiger partial charge in [-0.3, -0.25) is 9.88 Å². The second-order valence-corrected chi connectivity index (χ2v) is 10.5. The van der Waals surface area contributed by atoms with Crippen LogP contribution in [-0.2, 0) is 0 Å². The van der Waals surface area contributed by atoms with Crippen LogP contribution in [0.25, 0.3) is 31.8 Å². The molecule has 1 amide bonds. The van der Waals surface area contributed by atoms with E-state index in [1.54, 1.807) is 44.6 Å². The van der Waals surface area contributed by atoms with Crippen molar-refractivity contribution in [3.63, 3.8) is 0 Å². The van der Waals surface area contributed by atoms with Gasteiger partial charge in [0.15, 0.2) is 17.6 Å². The van der Waals surface area contributed by atoms with Crippen LogP contribution in [-0.4, -0.2) is 57.5 Å². The lowest BCUT2D eigenvalue weighted by atomic mass is 10.1. The standard InChI is InChI=1S/C27H22ClN5O5S/c1-13-6-17(22-19(7-13)31-21(36-3)10-30-22)26-32-23-18(28)9-20-24(25(23)39-26)37-12-16(38-20)11-33(27(34)35)15-4-5-29-14(2)8-15/h4-10,16H,11-12H2,1-3H3,(H,34,35)/t16-/m1/s1. The molecule has 1 aliphatic rings. The van der Waals surface area contributed by atoms with Crippen molar-refractivity contribution in [2.24, 2.45) is 0 Å². The quantitative estimate of drug-likeness (QED) is 0.278. The molecule has 0 spiro atoms. The zero-order valence-corrected chi connectivity index (χ0v) is 22.7. The molecule has 4 heterocycles. The highest BCUT2D eigenvalue weighted by Gasteiger charge is 2.30. The average Bonchev–Trinajstić information content (AvgIpc) is 3.37. The number of aromatic nitrogens is 4. The number of ether oxygens (including phenoxy) is 3. The first-order valence-corrected chi connectivity index (χ1v) is 13.2. The summed E-state index contributed by atoms with van der Waals surface area (Å²) in [6.45, 7) is 4.01. The fourth-order valence-corrected chi connectivity index (χ4v) is 5.91. The number of aryl methyl sites for hydroxylation is 2. The number of fused-ring (bicyclic) bond motifs is 4. The number of carbonyl (C=O) groups is 1. The number of rotatable bonds is 5. The van der Waals surface area contributed by atoms with Crippen molar-refractivity contribution in [3.05, 3.63) is 59.0 Å². The lowest BCUT2D eigenvalue weighted by molar-refractivity contribution is 0.0962. The van der Waals surface area contributed by atoms with E-state index in [2.05, 4.69) is 15.0 Å². The first-order valence-electron chi connectivity index (χ1n) is 12.0.